The van der Waals surface area contributed by atoms with Crippen LogP contribution in [0, 0.1) is 0 Å². The molecule has 0 aliphatic carbocycles. The summed E-state index contributed by atoms with van der Waals surface area (Å²) in [6.45, 7) is 0. The molecule has 4 nitrogen and oxygen atoms in total. The van der Waals surface area contributed by atoms with Crippen LogP contribution in [0.5, 0.6) is 0 Å². The minimum Gasteiger partial charge on any atom is -0.399 e. The second kappa shape index (κ2) is 4.57. The summed E-state index contributed by atoms with van der Waals surface area (Å²) in [5.74, 6) is 0.564. The number of hydrogen-bond acceptors (Lipinski definition) is 4. The lowest BCUT2D eigenvalue weighted by Gasteiger charge is -2.08. The molecule has 94 valence electrons. The molecule has 19 heavy (non-hydrogen) atoms. The van der Waals surface area contributed by atoms with Gasteiger partial charge in [-0.2, -0.15) is 0 Å². The molecule has 4 heteroatoms. The summed E-state index contributed by atoms with van der Waals surface area (Å²) in [7, 11) is 0. The third-order valence-electron chi connectivity index (χ3n) is 3.10. The van der Waals surface area contributed by atoms with Crippen LogP contribution in [0.2, 0.25) is 0 Å². The summed E-state index contributed by atoms with van der Waals surface area (Å²) in [6.07, 6.45) is 4.29. The van der Waals surface area contributed by atoms with Gasteiger partial charge in [0, 0.05) is 29.9 Å². The Balaban J connectivity index is 2.06. The van der Waals surface area contributed by atoms with E-state index in [-0.39, 0.29) is 0 Å². The summed E-state index contributed by atoms with van der Waals surface area (Å²) >= 11 is 0. The molecule has 0 fully saturated rings. The molecule has 3 rings (SSSR count). The second-order valence-corrected chi connectivity index (χ2v) is 4.52. The summed E-state index contributed by atoms with van der Waals surface area (Å²) < 4.78 is 0. The molecule has 0 saturated heterocycles. The molecule has 0 unspecified atom stereocenters. The van der Waals surface area contributed by atoms with Crippen molar-refractivity contribution in [2.45, 2.75) is 6.42 Å². The first-order chi connectivity index (χ1) is 9.22. The van der Waals surface area contributed by atoms with Gasteiger partial charge >= 0.3 is 0 Å². The van der Waals surface area contributed by atoms with Crippen LogP contribution >= 0.6 is 0 Å². The van der Waals surface area contributed by atoms with Gasteiger partial charge in [0.05, 0.1) is 5.52 Å². The zero-order valence-electron chi connectivity index (χ0n) is 10.4. The monoisotopic (exact) mass is 250 g/mol. The highest BCUT2D eigenvalue weighted by molar-refractivity contribution is 5.84. The summed E-state index contributed by atoms with van der Waals surface area (Å²) in [5.41, 5.74) is 15.6. The third kappa shape index (κ3) is 2.33. The van der Waals surface area contributed by atoms with Crippen LogP contribution in [-0.2, 0) is 6.42 Å². The maximum Gasteiger partial charge on any atom is 0.127 e. The minimum atomic E-state index is 0.564. The van der Waals surface area contributed by atoms with Gasteiger partial charge in [-0.15, -0.1) is 0 Å². The standard InChI is InChI=1S/C15H14N4/c16-13-1-2-14-11(9-13)8-12(15(17)19-14)7-10-3-5-18-6-4-10/h1-6,8-9H,7,16H2,(H2,17,19). The fraction of sp³-hybridized carbons (Fsp3) is 0.0667. The van der Waals surface area contributed by atoms with Crippen LogP contribution in [-0.4, -0.2) is 9.97 Å². The highest BCUT2D eigenvalue weighted by atomic mass is 14.8. The number of benzene rings is 1. The Hall–Kier alpha value is -2.62. The molecule has 4 N–H and O–H groups in total. The van der Waals surface area contributed by atoms with Crippen LogP contribution in [0.3, 0.4) is 0 Å². The molecule has 2 heterocycles. The summed E-state index contributed by atoms with van der Waals surface area (Å²) in [4.78, 5) is 8.43. The molecule has 0 aliphatic rings. The van der Waals surface area contributed by atoms with Crippen molar-refractivity contribution >= 4 is 22.4 Å². The van der Waals surface area contributed by atoms with E-state index in [2.05, 4.69) is 16.0 Å². The fourth-order valence-electron chi connectivity index (χ4n) is 2.12. The number of nitrogens with zero attached hydrogens (tertiary/aromatic N) is 2. The Labute approximate surface area is 111 Å². The van der Waals surface area contributed by atoms with Crippen LogP contribution in [0.4, 0.5) is 11.5 Å². The van der Waals surface area contributed by atoms with E-state index in [4.69, 9.17) is 11.5 Å². The first kappa shape index (κ1) is 11.5. The number of rotatable bonds is 2. The molecule has 0 atom stereocenters. The Bertz CT molecular complexity index is 723. The predicted octanol–water partition coefficient (Wildman–Crippen LogP) is 2.39. The fourth-order valence-corrected chi connectivity index (χ4v) is 2.12. The number of fused-ring (bicyclic) bond motifs is 1. The molecule has 0 bridgehead atoms. The van der Waals surface area contributed by atoms with Crippen molar-refractivity contribution in [1.82, 2.24) is 9.97 Å². The largest absolute Gasteiger partial charge is 0.399 e. The van der Waals surface area contributed by atoms with Gasteiger partial charge in [-0.05, 0) is 47.5 Å². The molecule has 0 aliphatic heterocycles. The van der Waals surface area contributed by atoms with E-state index < -0.39 is 0 Å². The number of hydrogen-bond donors (Lipinski definition) is 2. The second-order valence-electron chi connectivity index (χ2n) is 4.52. The maximum absolute atomic E-state index is 6.01. The average Bonchev–Trinajstić information content (AvgIpc) is 2.41. The van der Waals surface area contributed by atoms with Crippen LogP contribution in [0.15, 0.2) is 48.8 Å². The van der Waals surface area contributed by atoms with Crippen molar-refractivity contribution in [3.05, 3.63) is 59.9 Å². The number of nitrogen functional groups attached to an aromatic ring is 2. The lowest BCUT2D eigenvalue weighted by molar-refractivity contribution is 1.15. The molecule has 0 radical (unpaired) electrons. The van der Waals surface area contributed by atoms with Crippen molar-refractivity contribution < 1.29 is 0 Å². The molecule has 3 aromatic rings. The molecule has 1 aromatic carbocycles. The van der Waals surface area contributed by atoms with E-state index in [1.54, 1.807) is 12.4 Å². The van der Waals surface area contributed by atoms with E-state index in [9.17, 15) is 0 Å². The van der Waals surface area contributed by atoms with Crippen LogP contribution in [0.25, 0.3) is 10.9 Å². The van der Waals surface area contributed by atoms with Crippen molar-refractivity contribution in [1.29, 1.82) is 0 Å². The van der Waals surface area contributed by atoms with E-state index in [0.717, 1.165) is 34.1 Å². The zero-order chi connectivity index (χ0) is 13.2. The van der Waals surface area contributed by atoms with Crippen LogP contribution in [0.1, 0.15) is 11.1 Å². The number of pyridine rings is 2. The quantitative estimate of drug-likeness (QED) is 0.684. The number of aromatic nitrogens is 2. The highest BCUT2D eigenvalue weighted by Crippen LogP contribution is 2.22. The van der Waals surface area contributed by atoms with Gasteiger partial charge in [0.15, 0.2) is 0 Å². The van der Waals surface area contributed by atoms with Gasteiger partial charge in [0.1, 0.15) is 5.82 Å². The summed E-state index contributed by atoms with van der Waals surface area (Å²) in [6, 6.07) is 11.6. The minimum absolute atomic E-state index is 0.564. The van der Waals surface area contributed by atoms with Gasteiger partial charge in [-0.1, -0.05) is 0 Å². The Kier molecular flexibility index (Phi) is 2.76. The van der Waals surface area contributed by atoms with Gasteiger partial charge in [-0.25, -0.2) is 4.98 Å². The highest BCUT2D eigenvalue weighted by Gasteiger charge is 2.05. The Morgan fingerprint density at radius 2 is 1.74 bits per heavy atom. The number of nitrogens with two attached hydrogens (primary N) is 2. The Morgan fingerprint density at radius 3 is 2.53 bits per heavy atom. The smallest absolute Gasteiger partial charge is 0.127 e. The molecular formula is C15H14N4. The molecule has 0 saturated carbocycles. The first-order valence-corrected chi connectivity index (χ1v) is 6.06. The van der Waals surface area contributed by atoms with Gasteiger partial charge < -0.3 is 11.5 Å². The lowest BCUT2D eigenvalue weighted by atomic mass is 10.0. The van der Waals surface area contributed by atoms with E-state index in [0.29, 0.717) is 5.82 Å². The van der Waals surface area contributed by atoms with Gasteiger partial charge in [0.2, 0.25) is 0 Å². The SMILES string of the molecule is Nc1ccc2nc(N)c(Cc3ccncc3)cc2c1. The topological polar surface area (TPSA) is 77.8 Å². The van der Waals surface area contributed by atoms with E-state index in [1.807, 2.05) is 30.3 Å². The van der Waals surface area contributed by atoms with Crippen molar-refractivity contribution in [2.24, 2.45) is 0 Å². The van der Waals surface area contributed by atoms with E-state index in [1.165, 1.54) is 0 Å². The van der Waals surface area contributed by atoms with Crippen molar-refractivity contribution in [3.63, 3.8) is 0 Å². The van der Waals surface area contributed by atoms with Crippen LogP contribution < -0.4 is 11.5 Å². The average molecular weight is 250 g/mol. The van der Waals surface area contributed by atoms with Gasteiger partial charge in [0.25, 0.3) is 0 Å². The van der Waals surface area contributed by atoms with Crippen molar-refractivity contribution in [2.75, 3.05) is 11.5 Å². The number of anilines is 2. The zero-order valence-corrected chi connectivity index (χ0v) is 10.4. The summed E-state index contributed by atoms with van der Waals surface area (Å²) in [5, 5.41) is 1.01. The van der Waals surface area contributed by atoms with E-state index >= 15 is 0 Å². The van der Waals surface area contributed by atoms with Crippen molar-refractivity contribution in [3.8, 4) is 0 Å². The third-order valence-corrected chi connectivity index (χ3v) is 3.10. The molecule has 0 amide bonds. The normalized spacial score (nSPS) is 10.7. The molecule has 0 spiro atoms. The molecular weight excluding hydrogens is 236 g/mol. The first-order valence-electron chi connectivity index (χ1n) is 6.06. The lowest BCUT2D eigenvalue weighted by Crippen LogP contribution is -2.00. The van der Waals surface area contributed by atoms with Gasteiger partial charge in [-0.3, -0.25) is 4.98 Å². The molecule has 2 aromatic heterocycles. The maximum atomic E-state index is 6.01. The predicted molar refractivity (Wildman–Crippen MR) is 77.6 cm³/mol. The Morgan fingerprint density at radius 1 is 0.947 bits per heavy atom.